The summed E-state index contributed by atoms with van der Waals surface area (Å²) in [5.41, 5.74) is 2.97. The Morgan fingerprint density at radius 3 is 2.71 bits per heavy atom. The molecule has 0 spiro atoms. The molecule has 28 heavy (non-hydrogen) atoms. The van der Waals surface area contributed by atoms with Crippen molar-refractivity contribution in [2.24, 2.45) is 0 Å². The fourth-order valence-electron chi connectivity index (χ4n) is 2.37. The van der Waals surface area contributed by atoms with Gasteiger partial charge in [0.25, 0.3) is 5.91 Å². The van der Waals surface area contributed by atoms with E-state index in [1.54, 1.807) is 17.4 Å². The minimum Gasteiger partial charge on any atom is -0.452 e. The molecule has 0 bridgehead atoms. The number of carbonyl (C=O) groups excluding carboxylic acids is 2. The van der Waals surface area contributed by atoms with Gasteiger partial charge in [-0.25, -0.2) is 14.2 Å². The molecule has 3 rings (SSSR count). The topological polar surface area (TPSA) is 68.3 Å². The number of nitrogens with one attached hydrogen (secondary N) is 1. The summed E-state index contributed by atoms with van der Waals surface area (Å²) in [6, 6.07) is 12.9. The number of benzene rings is 2. The lowest BCUT2D eigenvalue weighted by atomic mass is 10.1. The predicted octanol–water partition coefficient (Wildman–Crippen LogP) is 4.45. The van der Waals surface area contributed by atoms with Crippen LogP contribution < -0.4 is 5.32 Å². The summed E-state index contributed by atoms with van der Waals surface area (Å²) < 4.78 is 17.8. The molecule has 0 aliphatic carbocycles. The molecule has 0 saturated carbocycles. The van der Waals surface area contributed by atoms with Crippen LogP contribution in [0.15, 0.2) is 60.0 Å². The maximum atomic E-state index is 12.8. The van der Waals surface area contributed by atoms with E-state index in [0.29, 0.717) is 11.3 Å². The maximum Gasteiger partial charge on any atom is 0.331 e. The largest absolute Gasteiger partial charge is 0.452 e. The van der Waals surface area contributed by atoms with Crippen LogP contribution in [0.1, 0.15) is 10.6 Å². The fourth-order valence-corrected chi connectivity index (χ4v) is 2.99. The highest BCUT2D eigenvalue weighted by atomic mass is 32.1. The Hall–Kier alpha value is -3.32. The van der Waals surface area contributed by atoms with Gasteiger partial charge in [0.2, 0.25) is 0 Å². The van der Waals surface area contributed by atoms with Gasteiger partial charge in [-0.1, -0.05) is 24.3 Å². The van der Waals surface area contributed by atoms with Gasteiger partial charge in [0.1, 0.15) is 5.82 Å². The Kier molecular flexibility index (Phi) is 6.29. The van der Waals surface area contributed by atoms with Crippen molar-refractivity contribution in [2.45, 2.75) is 6.92 Å². The summed E-state index contributed by atoms with van der Waals surface area (Å²) in [5.74, 6) is -1.47. The van der Waals surface area contributed by atoms with E-state index in [2.05, 4.69) is 10.3 Å². The number of hydrogen-bond acceptors (Lipinski definition) is 5. The molecule has 3 aromatic rings. The number of esters is 1. The van der Waals surface area contributed by atoms with E-state index in [9.17, 15) is 14.0 Å². The van der Waals surface area contributed by atoms with Gasteiger partial charge < -0.3 is 10.1 Å². The van der Waals surface area contributed by atoms with Crippen molar-refractivity contribution in [3.8, 4) is 11.3 Å². The number of hydrogen-bond donors (Lipinski definition) is 1. The van der Waals surface area contributed by atoms with Crippen LogP contribution in [0.3, 0.4) is 0 Å². The van der Waals surface area contributed by atoms with E-state index >= 15 is 0 Å². The quantitative estimate of drug-likeness (QED) is 0.494. The minimum absolute atomic E-state index is 0.356. The molecule has 7 heteroatoms. The van der Waals surface area contributed by atoms with Crippen LogP contribution in [0.5, 0.6) is 0 Å². The monoisotopic (exact) mass is 396 g/mol. The van der Waals surface area contributed by atoms with E-state index in [1.165, 1.54) is 36.4 Å². The third kappa shape index (κ3) is 5.59. The van der Waals surface area contributed by atoms with E-state index in [4.69, 9.17) is 4.74 Å². The number of aryl methyl sites for hydroxylation is 1. The number of carbonyl (C=O) groups is 2. The number of rotatable bonds is 6. The third-order valence-electron chi connectivity index (χ3n) is 3.69. The van der Waals surface area contributed by atoms with E-state index in [-0.39, 0.29) is 5.82 Å². The number of halogens is 1. The molecule has 0 atom stereocenters. The van der Waals surface area contributed by atoms with Crippen molar-refractivity contribution in [3.05, 3.63) is 76.4 Å². The van der Waals surface area contributed by atoms with Gasteiger partial charge in [-0.05, 0) is 42.8 Å². The minimum atomic E-state index is -0.661. The molecule has 0 aliphatic rings. The molecule has 1 heterocycles. The van der Waals surface area contributed by atoms with Crippen LogP contribution >= 0.6 is 11.3 Å². The molecule has 2 aromatic carbocycles. The van der Waals surface area contributed by atoms with Gasteiger partial charge in [-0.15, -0.1) is 11.3 Å². The molecule has 1 N–H and O–H groups in total. The fraction of sp³-hybridized carbons (Fsp3) is 0.0952. The van der Waals surface area contributed by atoms with E-state index < -0.39 is 18.5 Å². The van der Waals surface area contributed by atoms with Crippen LogP contribution in [0.4, 0.5) is 10.1 Å². The standard InChI is InChI=1S/C21H17FN2O3S/c1-14-23-19(13-28-14)16-3-2-4-18(11-16)24-20(25)12-27-21(26)10-7-15-5-8-17(22)9-6-15/h2-11,13H,12H2,1H3,(H,24,25)/b10-7+. The zero-order chi connectivity index (χ0) is 19.9. The Morgan fingerprint density at radius 1 is 1.21 bits per heavy atom. The number of anilines is 1. The summed E-state index contributed by atoms with van der Waals surface area (Å²) in [7, 11) is 0. The lowest BCUT2D eigenvalue weighted by Crippen LogP contribution is -2.20. The van der Waals surface area contributed by atoms with Crippen molar-refractivity contribution in [1.82, 2.24) is 4.98 Å². The lowest BCUT2D eigenvalue weighted by Gasteiger charge is -2.07. The van der Waals surface area contributed by atoms with Gasteiger partial charge >= 0.3 is 5.97 Å². The van der Waals surface area contributed by atoms with Crippen molar-refractivity contribution in [3.63, 3.8) is 0 Å². The van der Waals surface area contributed by atoms with Crippen LogP contribution in [-0.2, 0) is 14.3 Å². The summed E-state index contributed by atoms with van der Waals surface area (Å²) in [4.78, 5) is 28.1. The van der Waals surface area contributed by atoms with Gasteiger partial charge in [0, 0.05) is 22.7 Å². The first-order valence-electron chi connectivity index (χ1n) is 8.42. The highest BCUT2D eigenvalue weighted by molar-refractivity contribution is 7.09. The van der Waals surface area contributed by atoms with Crippen molar-refractivity contribution < 1.29 is 18.7 Å². The second-order valence-corrected chi connectivity index (χ2v) is 6.94. The number of aromatic nitrogens is 1. The van der Waals surface area contributed by atoms with Crippen LogP contribution in [-0.4, -0.2) is 23.5 Å². The average Bonchev–Trinajstić information content (AvgIpc) is 3.12. The van der Waals surface area contributed by atoms with E-state index in [1.807, 2.05) is 30.5 Å². The summed E-state index contributed by atoms with van der Waals surface area (Å²) in [6.45, 7) is 1.52. The lowest BCUT2D eigenvalue weighted by molar-refractivity contribution is -0.142. The maximum absolute atomic E-state index is 12.8. The molecule has 0 fully saturated rings. The van der Waals surface area contributed by atoms with Crippen molar-refractivity contribution in [2.75, 3.05) is 11.9 Å². The highest BCUT2D eigenvalue weighted by Gasteiger charge is 2.08. The zero-order valence-electron chi connectivity index (χ0n) is 15.0. The van der Waals surface area contributed by atoms with Crippen LogP contribution in [0.25, 0.3) is 17.3 Å². The SMILES string of the molecule is Cc1nc(-c2cccc(NC(=O)COC(=O)/C=C/c3ccc(F)cc3)c2)cs1. The first-order valence-corrected chi connectivity index (χ1v) is 9.30. The second kappa shape index (κ2) is 9.05. The molecular weight excluding hydrogens is 379 g/mol. The molecule has 1 aromatic heterocycles. The smallest absolute Gasteiger partial charge is 0.331 e. The second-order valence-electron chi connectivity index (χ2n) is 5.87. The molecule has 1 amide bonds. The number of ether oxygens (including phenoxy) is 1. The molecule has 5 nitrogen and oxygen atoms in total. The molecule has 0 aliphatic heterocycles. The molecule has 0 unspecified atom stereocenters. The molecule has 0 radical (unpaired) electrons. The average molecular weight is 396 g/mol. The van der Waals surface area contributed by atoms with Crippen molar-refractivity contribution in [1.29, 1.82) is 0 Å². The predicted molar refractivity (Wildman–Crippen MR) is 107 cm³/mol. The zero-order valence-corrected chi connectivity index (χ0v) is 15.8. The van der Waals surface area contributed by atoms with Crippen molar-refractivity contribution >= 4 is 35.0 Å². The molecule has 142 valence electrons. The number of amides is 1. The number of thiazole rings is 1. The highest BCUT2D eigenvalue weighted by Crippen LogP contribution is 2.24. The molecule has 0 saturated heterocycles. The Labute approximate surface area is 165 Å². The van der Waals surface area contributed by atoms with Gasteiger partial charge in [0.15, 0.2) is 6.61 Å². The van der Waals surface area contributed by atoms with Crippen LogP contribution in [0.2, 0.25) is 0 Å². The summed E-state index contributed by atoms with van der Waals surface area (Å²) in [6.07, 6.45) is 2.67. The molecular formula is C21H17FN2O3S. The Morgan fingerprint density at radius 2 is 2.00 bits per heavy atom. The van der Waals surface area contributed by atoms with Crippen LogP contribution in [0, 0.1) is 12.7 Å². The van der Waals surface area contributed by atoms with Gasteiger partial charge in [-0.2, -0.15) is 0 Å². The summed E-state index contributed by atoms with van der Waals surface area (Å²) >= 11 is 1.55. The van der Waals surface area contributed by atoms with E-state index in [0.717, 1.165) is 16.3 Å². The normalized spacial score (nSPS) is 10.8. The Balaban J connectivity index is 1.51. The summed E-state index contributed by atoms with van der Waals surface area (Å²) in [5, 5.41) is 5.60. The Bertz CT molecular complexity index is 1010. The number of nitrogens with zero attached hydrogens (tertiary/aromatic N) is 1. The third-order valence-corrected chi connectivity index (χ3v) is 4.46. The first-order chi connectivity index (χ1) is 13.5. The first kappa shape index (κ1) is 19.4. The van der Waals surface area contributed by atoms with Gasteiger partial charge in [-0.3, -0.25) is 4.79 Å². The van der Waals surface area contributed by atoms with Gasteiger partial charge in [0.05, 0.1) is 10.7 Å².